The average molecular weight is 220 g/mol. The van der Waals surface area contributed by atoms with E-state index >= 15 is 0 Å². The molecule has 1 aliphatic carbocycles. The zero-order chi connectivity index (χ0) is 10.2. The fourth-order valence-corrected chi connectivity index (χ4v) is 2.38. The van der Waals surface area contributed by atoms with Crippen molar-refractivity contribution in [3.63, 3.8) is 0 Å². The number of nitrogens with one attached hydrogen (secondary N) is 1. The van der Waals surface area contributed by atoms with Crippen molar-refractivity contribution < 1.29 is 4.74 Å². The number of unbranched alkanes of at least 4 members (excludes halogenated alkanes) is 1. The molecule has 1 N–H and O–H groups in total. The highest BCUT2D eigenvalue weighted by Gasteiger charge is 2.21. The molecule has 2 unspecified atom stereocenters. The molecule has 1 fully saturated rings. The Balaban J connectivity index is 1.84. The molecule has 0 amide bonds. The lowest BCUT2D eigenvalue weighted by Gasteiger charge is -2.10. The Morgan fingerprint density at radius 3 is 2.86 bits per heavy atom. The summed E-state index contributed by atoms with van der Waals surface area (Å²) in [5.74, 6) is 0.819. The molecule has 0 radical (unpaired) electrons. The second-order valence-corrected chi connectivity index (χ2v) is 4.80. The summed E-state index contributed by atoms with van der Waals surface area (Å²) in [5, 5.41) is 3.93. The van der Waals surface area contributed by atoms with E-state index in [0.717, 1.165) is 32.0 Å². The summed E-state index contributed by atoms with van der Waals surface area (Å²) >= 11 is 6.04. The highest BCUT2D eigenvalue weighted by molar-refractivity contribution is 6.20. The van der Waals surface area contributed by atoms with Crippen molar-refractivity contribution in [3.05, 3.63) is 0 Å². The summed E-state index contributed by atoms with van der Waals surface area (Å²) in [4.78, 5) is 0. The van der Waals surface area contributed by atoms with Gasteiger partial charge in [-0.05, 0) is 51.1 Å². The molecule has 1 saturated carbocycles. The molecule has 1 rings (SSSR count). The van der Waals surface area contributed by atoms with Crippen molar-refractivity contribution >= 4 is 11.6 Å². The number of methoxy groups -OCH3 is 1. The van der Waals surface area contributed by atoms with Crippen molar-refractivity contribution in [2.45, 2.75) is 37.5 Å². The normalized spacial score (nSPS) is 27.0. The van der Waals surface area contributed by atoms with Crippen LogP contribution in [0.2, 0.25) is 0 Å². The van der Waals surface area contributed by atoms with Gasteiger partial charge in [0.15, 0.2) is 0 Å². The molecule has 1 aliphatic rings. The molecule has 0 heterocycles. The van der Waals surface area contributed by atoms with E-state index in [1.54, 1.807) is 7.11 Å². The zero-order valence-corrected chi connectivity index (χ0v) is 9.85. The number of halogens is 1. The Kier molecular flexibility index (Phi) is 6.57. The van der Waals surface area contributed by atoms with E-state index in [1.807, 2.05) is 0 Å². The molecule has 2 nitrogen and oxygen atoms in total. The molecule has 0 aromatic carbocycles. The summed E-state index contributed by atoms with van der Waals surface area (Å²) in [7, 11) is 1.76. The lowest BCUT2D eigenvalue weighted by atomic mass is 10.1. The quantitative estimate of drug-likeness (QED) is 0.525. The van der Waals surface area contributed by atoms with Gasteiger partial charge in [0.1, 0.15) is 0 Å². The SMILES string of the molecule is COCCCCNCC1CCC(Cl)C1. The van der Waals surface area contributed by atoms with E-state index in [4.69, 9.17) is 16.3 Å². The maximum absolute atomic E-state index is 6.04. The van der Waals surface area contributed by atoms with Gasteiger partial charge in [-0.2, -0.15) is 0 Å². The predicted molar refractivity (Wildman–Crippen MR) is 61.0 cm³/mol. The lowest BCUT2D eigenvalue weighted by Crippen LogP contribution is -2.22. The number of ether oxygens (including phenoxy) is 1. The molecular formula is C11H22ClNO. The molecule has 0 spiro atoms. The van der Waals surface area contributed by atoms with Crippen LogP contribution in [0.1, 0.15) is 32.1 Å². The third-order valence-corrected chi connectivity index (χ3v) is 3.26. The molecule has 2 atom stereocenters. The van der Waals surface area contributed by atoms with Crippen LogP contribution < -0.4 is 5.32 Å². The smallest absolute Gasteiger partial charge is 0.0462 e. The molecular weight excluding hydrogens is 198 g/mol. The van der Waals surface area contributed by atoms with Crippen molar-refractivity contribution in [2.75, 3.05) is 26.8 Å². The van der Waals surface area contributed by atoms with Crippen LogP contribution in [0.3, 0.4) is 0 Å². The summed E-state index contributed by atoms with van der Waals surface area (Å²) < 4.78 is 4.99. The van der Waals surface area contributed by atoms with Crippen LogP contribution in [-0.4, -0.2) is 32.2 Å². The summed E-state index contributed by atoms with van der Waals surface area (Å²) in [6.45, 7) is 3.15. The number of rotatable bonds is 7. The third-order valence-electron chi connectivity index (χ3n) is 2.86. The van der Waals surface area contributed by atoms with E-state index in [-0.39, 0.29) is 0 Å². The van der Waals surface area contributed by atoms with E-state index in [2.05, 4.69) is 5.32 Å². The zero-order valence-electron chi connectivity index (χ0n) is 9.10. The predicted octanol–water partition coefficient (Wildman–Crippen LogP) is 2.41. The van der Waals surface area contributed by atoms with Crippen molar-refractivity contribution in [3.8, 4) is 0 Å². The van der Waals surface area contributed by atoms with E-state index in [9.17, 15) is 0 Å². The Labute approximate surface area is 92.3 Å². The maximum atomic E-state index is 6.04. The highest BCUT2D eigenvalue weighted by atomic mass is 35.5. The van der Waals surface area contributed by atoms with Gasteiger partial charge in [0, 0.05) is 19.1 Å². The van der Waals surface area contributed by atoms with Crippen LogP contribution in [0.5, 0.6) is 0 Å². The number of hydrogen-bond donors (Lipinski definition) is 1. The van der Waals surface area contributed by atoms with Crippen LogP contribution in [-0.2, 0) is 4.74 Å². The number of alkyl halides is 1. The second-order valence-electron chi connectivity index (χ2n) is 4.18. The Hall–Kier alpha value is 0.210. The standard InChI is InChI=1S/C11H22ClNO/c1-14-7-3-2-6-13-9-10-4-5-11(12)8-10/h10-11,13H,2-9H2,1H3. The maximum Gasteiger partial charge on any atom is 0.0462 e. The van der Waals surface area contributed by atoms with Crippen LogP contribution in [0.4, 0.5) is 0 Å². The van der Waals surface area contributed by atoms with Gasteiger partial charge in [-0.3, -0.25) is 0 Å². The van der Waals surface area contributed by atoms with Crippen molar-refractivity contribution in [2.24, 2.45) is 5.92 Å². The van der Waals surface area contributed by atoms with Crippen molar-refractivity contribution in [1.82, 2.24) is 5.32 Å². The van der Waals surface area contributed by atoms with Crippen LogP contribution in [0.15, 0.2) is 0 Å². The highest BCUT2D eigenvalue weighted by Crippen LogP contribution is 2.28. The minimum absolute atomic E-state index is 0.440. The first-order chi connectivity index (χ1) is 6.83. The van der Waals surface area contributed by atoms with Crippen LogP contribution >= 0.6 is 11.6 Å². The molecule has 0 saturated heterocycles. The van der Waals surface area contributed by atoms with Gasteiger partial charge >= 0.3 is 0 Å². The number of hydrogen-bond acceptors (Lipinski definition) is 2. The minimum atomic E-state index is 0.440. The summed E-state index contributed by atoms with van der Waals surface area (Å²) in [6, 6.07) is 0. The molecule has 0 aliphatic heterocycles. The Morgan fingerprint density at radius 2 is 2.21 bits per heavy atom. The average Bonchev–Trinajstić information content (AvgIpc) is 2.58. The molecule has 84 valence electrons. The van der Waals surface area contributed by atoms with Crippen LogP contribution in [0, 0.1) is 5.92 Å². The first-order valence-electron chi connectivity index (χ1n) is 5.66. The van der Waals surface area contributed by atoms with Gasteiger partial charge < -0.3 is 10.1 Å². The second kappa shape index (κ2) is 7.49. The fraction of sp³-hybridized carbons (Fsp3) is 1.00. The topological polar surface area (TPSA) is 21.3 Å². The van der Waals surface area contributed by atoms with Gasteiger partial charge in [0.05, 0.1) is 0 Å². The third kappa shape index (κ3) is 5.18. The van der Waals surface area contributed by atoms with Gasteiger partial charge in [-0.1, -0.05) is 0 Å². The van der Waals surface area contributed by atoms with E-state index < -0.39 is 0 Å². The van der Waals surface area contributed by atoms with Crippen LogP contribution in [0.25, 0.3) is 0 Å². The summed E-state index contributed by atoms with van der Waals surface area (Å²) in [5.41, 5.74) is 0. The van der Waals surface area contributed by atoms with Gasteiger partial charge in [0.25, 0.3) is 0 Å². The molecule has 0 bridgehead atoms. The fourth-order valence-electron chi connectivity index (χ4n) is 2.00. The first kappa shape index (κ1) is 12.3. The monoisotopic (exact) mass is 219 g/mol. The Morgan fingerprint density at radius 1 is 1.36 bits per heavy atom. The minimum Gasteiger partial charge on any atom is -0.385 e. The van der Waals surface area contributed by atoms with Gasteiger partial charge in [-0.15, -0.1) is 11.6 Å². The molecule has 0 aromatic rings. The molecule has 3 heteroatoms. The Bertz CT molecular complexity index is 143. The van der Waals surface area contributed by atoms with Gasteiger partial charge in [0.2, 0.25) is 0 Å². The van der Waals surface area contributed by atoms with E-state index in [0.29, 0.717) is 5.38 Å². The first-order valence-corrected chi connectivity index (χ1v) is 6.10. The van der Waals surface area contributed by atoms with Gasteiger partial charge in [-0.25, -0.2) is 0 Å². The van der Waals surface area contributed by atoms with E-state index in [1.165, 1.54) is 25.7 Å². The van der Waals surface area contributed by atoms with Crippen molar-refractivity contribution in [1.29, 1.82) is 0 Å². The largest absolute Gasteiger partial charge is 0.385 e. The summed E-state index contributed by atoms with van der Waals surface area (Å²) in [6.07, 6.45) is 6.08. The molecule has 0 aromatic heterocycles. The lowest BCUT2D eigenvalue weighted by molar-refractivity contribution is 0.192. The molecule has 14 heavy (non-hydrogen) atoms.